The van der Waals surface area contributed by atoms with Crippen molar-refractivity contribution >= 4 is 34.4 Å². The van der Waals surface area contributed by atoms with Crippen LogP contribution in [-0.4, -0.2) is 15.9 Å². The van der Waals surface area contributed by atoms with Gasteiger partial charge in [-0.3, -0.25) is 0 Å². The number of hydrogen-bond donors (Lipinski definition) is 0. The molecule has 0 atom stereocenters. The van der Waals surface area contributed by atoms with Crippen LogP contribution in [0.1, 0.15) is 58.3 Å². The molecule has 0 aromatic rings. The van der Waals surface area contributed by atoms with Crippen LogP contribution in [0.25, 0.3) is 0 Å². The van der Waals surface area contributed by atoms with Gasteiger partial charge in [0.15, 0.2) is 0 Å². The summed E-state index contributed by atoms with van der Waals surface area (Å²) in [6.45, 7) is 2.26. The van der Waals surface area contributed by atoms with E-state index in [2.05, 4.69) is 41.3 Å². The average molecular weight is 328 g/mol. The molecule has 0 aromatic carbocycles. The highest BCUT2D eigenvalue weighted by Crippen LogP contribution is 2.14. The quantitative estimate of drug-likeness (QED) is 0.362. The Morgan fingerprint density at radius 3 is 1.93 bits per heavy atom. The summed E-state index contributed by atoms with van der Waals surface area (Å²) < 4.78 is 1.34. The molecule has 0 bridgehead atoms. The van der Waals surface area contributed by atoms with Crippen molar-refractivity contribution in [3.05, 3.63) is 0 Å². The summed E-state index contributed by atoms with van der Waals surface area (Å²) >= 11 is 4.52. The molecule has 2 heteroatoms. The fraction of sp³-hybridized carbons (Fsp3) is 1.00. The highest BCUT2D eigenvalue weighted by atomic mass is 127. The van der Waals surface area contributed by atoms with Gasteiger partial charge in [0.2, 0.25) is 0 Å². The van der Waals surface area contributed by atoms with Gasteiger partial charge in [0.05, 0.1) is 0 Å². The van der Waals surface area contributed by atoms with Crippen molar-refractivity contribution < 1.29 is 0 Å². The zero-order valence-electron chi connectivity index (χ0n) is 9.56. The lowest BCUT2D eigenvalue weighted by molar-refractivity contribution is 0.629. The van der Waals surface area contributed by atoms with Crippen molar-refractivity contribution in [2.45, 2.75) is 58.3 Å². The van der Waals surface area contributed by atoms with Crippen LogP contribution >= 0.6 is 34.4 Å². The number of halogens is 1. The minimum absolute atomic E-state index is 1.34. The van der Waals surface area contributed by atoms with E-state index < -0.39 is 0 Å². The van der Waals surface area contributed by atoms with E-state index in [1.54, 1.807) is 0 Å². The van der Waals surface area contributed by atoms with E-state index in [0.717, 1.165) is 0 Å². The van der Waals surface area contributed by atoms with E-state index in [9.17, 15) is 0 Å². The first kappa shape index (κ1) is 15.1. The van der Waals surface area contributed by atoms with Gasteiger partial charge in [-0.2, -0.15) is 11.8 Å². The molecule has 86 valence electrons. The molecule has 1 heterocycles. The first-order chi connectivity index (χ1) is 6.91. The molecular weight excluding hydrogens is 303 g/mol. The Morgan fingerprint density at radius 1 is 0.929 bits per heavy atom. The van der Waals surface area contributed by atoms with Gasteiger partial charge in [0, 0.05) is 0 Å². The van der Waals surface area contributed by atoms with Crippen LogP contribution in [-0.2, 0) is 0 Å². The Hall–Kier alpha value is 1.08. The van der Waals surface area contributed by atoms with E-state index in [1.807, 2.05) is 0 Å². The highest BCUT2D eigenvalue weighted by Gasteiger charge is 1.95. The van der Waals surface area contributed by atoms with Crippen LogP contribution in [0, 0.1) is 0 Å². The first-order valence-electron chi connectivity index (χ1n) is 6.05. The van der Waals surface area contributed by atoms with E-state index in [-0.39, 0.29) is 0 Å². The van der Waals surface area contributed by atoms with Crippen LogP contribution in [0.15, 0.2) is 0 Å². The number of thioether (sulfide) groups is 1. The van der Waals surface area contributed by atoms with E-state index in [1.165, 1.54) is 67.3 Å². The maximum Gasteiger partial charge on any atom is -0.000473 e. The zero-order chi connectivity index (χ0) is 10.5. The third kappa shape index (κ3) is 13.1. The van der Waals surface area contributed by atoms with Crippen molar-refractivity contribution in [3.8, 4) is 0 Å². The molecule has 0 amide bonds. The molecule has 0 spiro atoms. The van der Waals surface area contributed by atoms with Gasteiger partial charge in [-0.05, 0) is 35.2 Å². The minimum atomic E-state index is 1.34. The molecule has 1 rings (SSSR count). The second-order valence-corrected chi connectivity index (χ2v) is 6.08. The average Bonchev–Trinajstić information content (AvgIpc) is 2.76. The van der Waals surface area contributed by atoms with Crippen LogP contribution < -0.4 is 0 Å². The van der Waals surface area contributed by atoms with Gasteiger partial charge < -0.3 is 0 Å². The molecule has 1 saturated heterocycles. The maximum absolute atomic E-state index is 2.45. The number of unbranched alkanes of at least 4 members (excludes halogenated alkanes) is 5. The number of hydrogen-bond acceptors (Lipinski definition) is 1. The van der Waals surface area contributed by atoms with Crippen molar-refractivity contribution in [1.29, 1.82) is 0 Å². The molecule has 1 fully saturated rings. The molecule has 0 unspecified atom stereocenters. The third-order valence-corrected chi connectivity index (χ3v) is 4.23. The maximum atomic E-state index is 2.45. The molecule has 0 N–H and O–H groups in total. The Labute approximate surface area is 108 Å². The predicted octanol–water partition coefficient (Wildman–Crippen LogP) is 5.30. The van der Waals surface area contributed by atoms with Gasteiger partial charge in [-0.25, -0.2) is 0 Å². The molecule has 0 nitrogen and oxygen atoms in total. The van der Waals surface area contributed by atoms with E-state index >= 15 is 0 Å². The molecule has 14 heavy (non-hydrogen) atoms. The molecule has 0 radical (unpaired) electrons. The Morgan fingerprint density at radius 2 is 1.50 bits per heavy atom. The van der Waals surface area contributed by atoms with Gasteiger partial charge in [0.25, 0.3) is 0 Å². The fourth-order valence-electron chi connectivity index (χ4n) is 1.39. The first-order valence-corrected chi connectivity index (χ1v) is 8.73. The lowest BCUT2D eigenvalue weighted by atomic mass is 10.1. The van der Waals surface area contributed by atoms with Crippen molar-refractivity contribution in [2.24, 2.45) is 0 Å². The summed E-state index contributed by atoms with van der Waals surface area (Å²) in [5, 5.41) is 0. The van der Waals surface area contributed by atoms with Crippen LogP contribution in [0.4, 0.5) is 0 Å². The largest absolute Gasteiger partial charge is 0.162 e. The van der Waals surface area contributed by atoms with E-state index in [4.69, 9.17) is 0 Å². The highest BCUT2D eigenvalue weighted by molar-refractivity contribution is 14.1. The van der Waals surface area contributed by atoms with E-state index in [0.29, 0.717) is 0 Å². The van der Waals surface area contributed by atoms with Crippen molar-refractivity contribution in [3.63, 3.8) is 0 Å². The minimum Gasteiger partial charge on any atom is -0.162 e. The molecule has 1 aliphatic heterocycles. The molecule has 0 saturated carbocycles. The summed E-state index contributed by atoms with van der Waals surface area (Å²) in [6.07, 6.45) is 11.5. The second-order valence-electron chi connectivity index (χ2n) is 3.78. The zero-order valence-corrected chi connectivity index (χ0v) is 12.5. The predicted molar refractivity (Wildman–Crippen MR) is 78.8 cm³/mol. The van der Waals surface area contributed by atoms with Gasteiger partial charge >= 0.3 is 0 Å². The fourth-order valence-corrected chi connectivity index (χ4v) is 2.95. The molecular formula is C12H25IS. The normalized spacial score (nSPS) is 15.0. The summed E-state index contributed by atoms with van der Waals surface area (Å²) in [7, 11) is 0. The van der Waals surface area contributed by atoms with Gasteiger partial charge in [0.1, 0.15) is 0 Å². The van der Waals surface area contributed by atoms with Crippen molar-refractivity contribution in [2.75, 3.05) is 15.9 Å². The molecule has 0 aromatic heterocycles. The topological polar surface area (TPSA) is 0 Å². The Bertz CT molecular complexity index is 78.7. The Balaban J connectivity index is 0.000000280. The molecule has 0 aliphatic carbocycles. The number of rotatable bonds is 6. The van der Waals surface area contributed by atoms with Crippen LogP contribution in [0.2, 0.25) is 0 Å². The molecule has 1 aliphatic rings. The lowest BCUT2D eigenvalue weighted by Gasteiger charge is -1.95. The summed E-state index contributed by atoms with van der Waals surface area (Å²) in [5.41, 5.74) is 0. The van der Waals surface area contributed by atoms with Gasteiger partial charge in [-0.1, -0.05) is 61.6 Å². The second kappa shape index (κ2) is 14.1. The van der Waals surface area contributed by atoms with Crippen molar-refractivity contribution in [1.82, 2.24) is 0 Å². The standard InChI is InChI=1S/C8H17I.C4H8S/c1-2-3-4-5-6-7-8-9;1-2-4-5-3-1/h2-8H2,1H3;1-4H2. The summed E-state index contributed by atoms with van der Waals surface area (Å²) in [4.78, 5) is 0. The summed E-state index contributed by atoms with van der Waals surface area (Å²) in [5.74, 6) is 2.83. The van der Waals surface area contributed by atoms with Crippen LogP contribution in [0.5, 0.6) is 0 Å². The van der Waals surface area contributed by atoms with Gasteiger partial charge in [-0.15, -0.1) is 0 Å². The van der Waals surface area contributed by atoms with Crippen LogP contribution in [0.3, 0.4) is 0 Å². The third-order valence-electron chi connectivity index (χ3n) is 2.31. The SMILES string of the molecule is C1CCSC1.CCCCCCCCI. The summed E-state index contributed by atoms with van der Waals surface area (Å²) in [6, 6.07) is 0. The smallest absolute Gasteiger partial charge is 0.000473 e. The lowest BCUT2D eigenvalue weighted by Crippen LogP contribution is -1.77. The monoisotopic (exact) mass is 328 g/mol. The Kier molecular flexibility index (Phi) is 15.2. The number of alkyl halides is 1.